The van der Waals surface area contributed by atoms with Crippen molar-refractivity contribution in [2.45, 2.75) is 53.4 Å². The maximum atomic E-state index is 11.8. The van der Waals surface area contributed by atoms with Gasteiger partial charge in [-0.05, 0) is 68.3 Å². The summed E-state index contributed by atoms with van der Waals surface area (Å²) in [6.07, 6.45) is -0.293. The van der Waals surface area contributed by atoms with E-state index in [2.05, 4.69) is 19.1 Å². The number of Topliss-reactive ketones (excluding diaryl/α,β-unsaturated/α-hetero) is 1. The number of benzene rings is 3. The molecule has 35 heavy (non-hydrogen) atoms. The second kappa shape index (κ2) is 10.7. The van der Waals surface area contributed by atoms with Gasteiger partial charge in [-0.15, -0.1) is 0 Å². The van der Waals surface area contributed by atoms with Gasteiger partial charge in [0.25, 0.3) is 0 Å². The van der Waals surface area contributed by atoms with Crippen LogP contribution in [0.1, 0.15) is 46.2 Å². The molecule has 0 saturated heterocycles. The molecule has 0 fully saturated rings. The Morgan fingerprint density at radius 1 is 1.00 bits per heavy atom. The Morgan fingerprint density at radius 3 is 2.37 bits per heavy atom. The molecular formula is C29H32N2O4. The molecule has 0 aliphatic heterocycles. The zero-order valence-corrected chi connectivity index (χ0v) is 20.7. The van der Waals surface area contributed by atoms with Crippen LogP contribution >= 0.6 is 0 Å². The Kier molecular flexibility index (Phi) is 7.51. The minimum atomic E-state index is -0.758. The lowest BCUT2D eigenvalue weighted by molar-refractivity contribution is 0.0916. The first-order valence-electron chi connectivity index (χ1n) is 11.9. The highest BCUT2D eigenvalue weighted by Crippen LogP contribution is 2.26. The third kappa shape index (κ3) is 5.72. The topological polar surface area (TPSA) is 73.6 Å². The van der Waals surface area contributed by atoms with Crippen molar-refractivity contribution in [2.75, 3.05) is 6.61 Å². The number of aliphatic hydroxyl groups excluding tert-OH is 1. The van der Waals surface area contributed by atoms with Crippen molar-refractivity contribution >= 4 is 16.8 Å². The monoisotopic (exact) mass is 472 g/mol. The molecule has 1 aromatic heterocycles. The van der Waals surface area contributed by atoms with E-state index in [1.165, 1.54) is 5.56 Å². The SMILES string of the molecule is CCC(=O)c1ccc(OCC(O)Cn2c(COc3c(C)cc(C)cc3C)nc3ccccc32)cc1. The highest BCUT2D eigenvalue weighted by molar-refractivity contribution is 5.95. The van der Waals surface area contributed by atoms with Gasteiger partial charge in [0.05, 0.1) is 17.6 Å². The number of imidazole rings is 1. The van der Waals surface area contributed by atoms with Gasteiger partial charge in [0.1, 0.15) is 36.6 Å². The van der Waals surface area contributed by atoms with E-state index >= 15 is 0 Å². The Hall–Kier alpha value is -3.64. The summed E-state index contributed by atoms with van der Waals surface area (Å²) in [6.45, 7) is 8.73. The summed E-state index contributed by atoms with van der Waals surface area (Å²) in [4.78, 5) is 16.6. The van der Waals surface area contributed by atoms with E-state index in [9.17, 15) is 9.90 Å². The molecule has 0 aliphatic carbocycles. The summed E-state index contributed by atoms with van der Waals surface area (Å²) >= 11 is 0. The molecule has 0 spiro atoms. The predicted octanol–water partition coefficient (Wildman–Crippen LogP) is 5.57. The largest absolute Gasteiger partial charge is 0.491 e. The van der Waals surface area contributed by atoms with Gasteiger partial charge < -0.3 is 19.1 Å². The molecule has 0 saturated carbocycles. The standard InChI is InChI=1S/C29H32N2O4/c1-5-27(33)22-10-12-24(13-11-22)34-17-23(32)16-31-26-9-7-6-8-25(26)30-28(31)18-35-29-20(3)14-19(2)15-21(29)4/h6-15,23,32H,5,16-18H2,1-4H3. The molecule has 182 valence electrons. The first-order valence-corrected chi connectivity index (χ1v) is 11.9. The molecule has 6 heteroatoms. The quantitative estimate of drug-likeness (QED) is 0.305. The number of hydrogen-bond acceptors (Lipinski definition) is 5. The van der Waals surface area contributed by atoms with Crippen LogP contribution in [0.3, 0.4) is 0 Å². The number of ketones is 1. The molecule has 6 nitrogen and oxygen atoms in total. The summed E-state index contributed by atoms with van der Waals surface area (Å²) in [6, 6.07) is 19.1. The number of hydrogen-bond donors (Lipinski definition) is 1. The van der Waals surface area contributed by atoms with E-state index in [4.69, 9.17) is 14.5 Å². The van der Waals surface area contributed by atoms with Crippen molar-refractivity contribution in [3.63, 3.8) is 0 Å². The third-order valence-corrected chi connectivity index (χ3v) is 6.02. The molecule has 0 bridgehead atoms. The van der Waals surface area contributed by atoms with Crippen LogP contribution in [-0.2, 0) is 13.2 Å². The number of aliphatic hydroxyl groups is 1. The maximum absolute atomic E-state index is 11.8. The van der Waals surface area contributed by atoms with Crippen molar-refractivity contribution in [2.24, 2.45) is 0 Å². The van der Waals surface area contributed by atoms with Crippen LogP contribution in [0, 0.1) is 20.8 Å². The number of ether oxygens (including phenoxy) is 2. The van der Waals surface area contributed by atoms with Crippen LogP contribution in [0.15, 0.2) is 60.7 Å². The minimum absolute atomic E-state index is 0.0920. The van der Waals surface area contributed by atoms with E-state index in [-0.39, 0.29) is 12.4 Å². The van der Waals surface area contributed by atoms with Gasteiger partial charge in [0, 0.05) is 12.0 Å². The van der Waals surface area contributed by atoms with E-state index in [0.717, 1.165) is 33.7 Å². The number of fused-ring (bicyclic) bond motifs is 1. The predicted molar refractivity (Wildman–Crippen MR) is 137 cm³/mol. The minimum Gasteiger partial charge on any atom is -0.491 e. The fraction of sp³-hybridized carbons (Fsp3) is 0.310. The number of aromatic nitrogens is 2. The number of carbonyl (C=O) groups excluding carboxylic acids is 1. The molecule has 4 rings (SSSR count). The lowest BCUT2D eigenvalue weighted by Crippen LogP contribution is -2.25. The lowest BCUT2D eigenvalue weighted by atomic mass is 10.1. The van der Waals surface area contributed by atoms with E-state index in [0.29, 0.717) is 30.9 Å². The fourth-order valence-electron chi connectivity index (χ4n) is 4.37. The number of rotatable bonds is 10. The van der Waals surface area contributed by atoms with E-state index < -0.39 is 6.10 Å². The Morgan fingerprint density at radius 2 is 1.69 bits per heavy atom. The molecule has 4 aromatic rings. The zero-order valence-electron chi connectivity index (χ0n) is 20.7. The zero-order chi connectivity index (χ0) is 24.9. The van der Waals surface area contributed by atoms with Crippen LogP contribution in [0.4, 0.5) is 0 Å². The maximum Gasteiger partial charge on any atom is 0.162 e. The van der Waals surface area contributed by atoms with Crippen LogP contribution in [0.25, 0.3) is 11.0 Å². The van der Waals surface area contributed by atoms with E-state index in [1.807, 2.05) is 49.6 Å². The molecule has 0 amide bonds. The normalized spacial score (nSPS) is 12.0. The molecule has 3 aromatic carbocycles. The smallest absolute Gasteiger partial charge is 0.162 e. The first kappa shape index (κ1) is 24.5. The average Bonchev–Trinajstić information content (AvgIpc) is 3.19. The average molecular weight is 473 g/mol. The van der Waals surface area contributed by atoms with Crippen molar-refractivity contribution in [1.82, 2.24) is 9.55 Å². The summed E-state index contributed by atoms with van der Waals surface area (Å²) in [5.74, 6) is 2.31. The van der Waals surface area contributed by atoms with Gasteiger partial charge in [-0.1, -0.05) is 36.8 Å². The van der Waals surface area contributed by atoms with Crippen molar-refractivity contribution < 1.29 is 19.4 Å². The van der Waals surface area contributed by atoms with Crippen LogP contribution < -0.4 is 9.47 Å². The second-order valence-corrected chi connectivity index (χ2v) is 8.91. The summed E-state index contributed by atoms with van der Waals surface area (Å²) in [5.41, 5.74) is 5.83. The van der Waals surface area contributed by atoms with Gasteiger partial charge in [-0.2, -0.15) is 0 Å². The van der Waals surface area contributed by atoms with Gasteiger partial charge in [-0.25, -0.2) is 4.98 Å². The number of para-hydroxylation sites is 2. The fourth-order valence-corrected chi connectivity index (χ4v) is 4.37. The number of aryl methyl sites for hydroxylation is 3. The molecule has 0 aliphatic rings. The summed E-state index contributed by atoms with van der Waals surface area (Å²) in [7, 11) is 0. The number of nitrogens with zero attached hydrogens (tertiary/aromatic N) is 2. The summed E-state index contributed by atoms with van der Waals surface area (Å²) in [5, 5.41) is 10.8. The molecule has 1 atom stereocenters. The van der Waals surface area contributed by atoms with Crippen LogP contribution in [0.2, 0.25) is 0 Å². The second-order valence-electron chi connectivity index (χ2n) is 8.91. The van der Waals surface area contributed by atoms with Crippen LogP contribution in [-0.4, -0.2) is 33.2 Å². The Bertz CT molecular complexity index is 1300. The van der Waals surface area contributed by atoms with Crippen molar-refractivity contribution in [3.8, 4) is 11.5 Å². The lowest BCUT2D eigenvalue weighted by Gasteiger charge is -2.17. The molecule has 0 radical (unpaired) electrons. The van der Waals surface area contributed by atoms with Gasteiger partial charge >= 0.3 is 0 Å². The van der Waals surface area contributed by atoms with Crippen molar-refractivity contribution in [3.05, 3.63) is 88.7 Å². The third-order valence-electron chi connectivity index (χ3n) is 6.02. The van der Waals surface area contributed by atoms with Gasteiger partial charge in [0.2, 0.25) is 0 Å². The van der Waals surface area contributed by atoms with Gasteiger partial charge in [-0.3, -0.25) is 4.79 Å². The molecule has 1 N–H and O–H groups in total. The summed E-state index contributed by atoms with van der Waals surface area (Å²) < 4.78 is 14.0. The van der Waals surface area contributed by atoms with Crippen LogP contribution in [0.5, 0.6) is 11.5 Å². The highest BCUT2D eigenvalue weighted by Gasteiger charge is 2.16. The number of carbonyl (C=O) groups is 1. The molecular weight excluding hydrogens is 440 g/mol. The highest BCUT2D eigenvalue weighted by atomic mass is 16.5. The van der Waals surface area contributed by atoms with Crippen molar-refractivity contribution in [1.29, 1.82) is 0 Å². The molecule has 1 unspecified atom stereocenters. The van der Waals surface area contributed by atoms with E-state index in [1.54, 1.807) is 24.3 Å². The Balaban J connectivity index is 1.47. The van der Waals surface area contributed by atoms with Gasteiger partial charge in [0.15, 0.2) is 5.78 Å². The Labute approximate surface area is 206 Å². The first-order chi connectivity index (χ1) is 16.9. The molecule has 1 heterocycles.